The van der Waals surface area contributed by atoms with Crippen molar-refractivity contribution in [3.05, 3.63) is 55.3 Å². The van der Waals surface area contributed by atoms with Gasteiger partial charge in [0, 0.05) is 0 Å². The van der Waals surface area contributed by atoms with Crippen LogP contribution in [0.5, 0.6) is 0 Å². The first-order valence-corrected chi connectivity index (χ1v) is 4.69. The summed E-state index contributed by atoms with van der Waals surface area (Å²) < 4.78 is 4.89. The summed E-state index contributed by atoms with van der Waals surface area (Å²) >= 11 is 0. The maximum atomic E-state index is 5.13. The van der Waals surface area contributed by atoms with Crippen molar-refractivity contribution in [3.8, 4) is 0 Å². The second kappa shape index (κ2) is 6.68. The molecule has 0 fully saturated rings. The molecule has 3 nitrogen and oxygen atoms in total. The Morgan fingerprint density at radius 2 is 2.00 bits per heavy atom. The Labute approximate surface area is 90.0 Å². The average Bonchev–Trinajstić information content (AvgIpc) is 2.30. The molecule has 0 atom stereocenters. The fourth-order valence-corrected chi connectivity index (χ4v) is 1.01. The Hall–Kier alpha value is -1.74. The van der Waals surface area contributed by atoms with Crippen molar-refractivity contribution in [2.24, 2.45) is 0 Å². The number of hydroxylamine groups is 1. The molecule has 0 spiro atoms. The van der Waals surface area contributed by atoms with E-state index >= 15 is 0 Å². The standard InChI is InChI=1S/C12H15NO2/c1-3-14-9-10-15-13-11(2)12-7-5-4-6-8-12/h3-8,13H,1-2,9-10H2. The maximum Gasteiger partial charge on any atom is 0.113 e. The minimum absolute atomic E-state index is 0.442. The monoisotopic (exact) mass is 205 g/mol. The van der Waals surface area contributed by atoms with E-state index in [1.807, 2.05) is 30.3 Å². The summed E-state index contributed by atoms with van der Waals surface area (Å²) in [5.74, 6) is 0. The fraction of sp³-hybridized carbons (Fsp3) is 0.167. The number of ether oxygens (including phenoxy) is 1. The highest BCUT2D eigenvalue weighted by molar-refractivity contribution is 5.60. The largest absolute Gasteiger partial charge is 0.499 e. The Balaban J connectivity index is 2.22. The minimum atomic E-state index is 0.442. The summed E-state index contributed by atoms with van der Waals surface area (Å²) in [7, 11) is 0. The summed E-state index contributed by atoms with van der Waals surface area (Å²) in [6.07, 6.45) is 1.38. The molecule has 0 unspecified atom stereocenters. The number of nitrogens with one attached hydrogen (secondary N) is 1. The van der Waals surface area contributed by atoms with Crippen LogP contribution in [0.4, 0.5) is 0 Å². The molecule has 1 rings (SSSR count). The predicted octanol–water partition coefficient (Wildman–Crippen LogP) is 2.34. The van der Waals surface area contributed by atoms with Gasteiger partial charge in [-0.25, -0.2) is 0 Å². The third-order valence-electron chi connectivity index (χ3n) is 1.74. The summed E-state index contributed by atoms with van der Waals surface area (Å²) in [5, 5.41) is 0. The third kappa shape index (κ3) is 4.33. The molecule has 1 aromatic rings. The molecule has 0 amide bonds. The zero-order chi connectivity index (χ0) is 10.9. The lowest BCUT2D eigenvalue weighted by Gasteiger charge is -2.09. The molecule has 0 aliphatic carbocycles. The first kappa shape index (κ1) is 11.3. The van der Waals surface area contributed by atoms with E-state index in [1.54, 1.807) is 0 Å². The predicted molar refractivity (Wildman–Crippen MR) is 60.7 cm³/mol. The van der Waals surface area contributed by atoms with Crippen LogP contribution in [0.1, 0.15) is 5.56 Å². The molecule has 0 saturated heterocycles. The Bertz CT molecular complexity index is 309. The Morgan fingerprint density at radius 3 is 2.67 bits per heavy atom. The van der Waals surface area contributed by atoms with Gasteiger partial charge in [-0.05, 0) is 5.56 Å². The Morgan fingerprint density at radius 1 is 1.27 bits per heavy atom. The normalized spacial score (nSPS) is 9.33. The first-order chi connectivity index (χ1) is 7.34. The topological polar surface area (TPSA) is 30.5 Å². The molecule has 1 aromatic carbocycles. The van der Waals surface area contributed by atoms with Crippen LogP contribution in [-0.2, 0) is 9.57 Å². The molecular formula is C12H15NO2. The highest BCUT2D eigenvalue weighted by Gasteiger charge is 1.96. The van der Waals surface area contributed by atoms with Gasteiger partial charge >= 0.3 is 0 Å². The van der Waals surface area contributed by atoms with Gasteiger partial charge in [0.05, 0.1) is 12.0 Å². The van der Waals surface area contributed by atoms with Crippen LogP contribution in [0, 0.1) is 0 Å². The van der Waals surface area contributed by atoms with E-state index < -0.39 is 0 Å². The van der Waals surface area contributed by atoms with E-state index in [4.69, 9.17) is 9.57 Å². The van der Waals surface area contributed by atoms with Crippen LogP contribution in [0.2, 0.25) is 0 Å². The molecule has 0 aliphatic rings. The van der Waals surface area contributed by atoms with Gasteiger partial charge in [0.2, 0.25) is 0 Å². The highest BCUT2D eigenvalue weighted by atomic mass is 16.7. The van der Waals surface area contributed by atoms with E-state index in [2.05, 4.69) is 18.6 Å². The summed E-state index contributed by atoms with van der Waals surface area (Å²) in [4.78, 5) is 5.13. The van der Waals surface area contributed by atoms with Crippen LogP contribution >= 0.6 is 0 Å². The van der Waals surface area contributed by atoms with E-state index in [1.165, 1.54) is 6.26 Å². The molecule has 1 N–H and O–H groups in total. The number of hydrogen-bond acceptors (Lipinski definition) is 3. The van der Waals surface area contributed by atoms with Gasteiger partial charge < -0.3 is 4.74 Å². The van der Waals surface area contributed by atoms with Crippen molar-refractivity contribution in [3.63, 3.8) is 0 Å². The number of hydrogen-bond donors (Lipinski definition) is 1. The average molecular weight is 205 g/mol. The van der Waals surface area contributed by atoms with Crippen LogP contribution in [-0.4, -0.2) is 13.2 Å². The lowest BCUT2D eigenvalue weighted by Crippen LogP contribution is -2.15. The van der Waals surface area contributed by atoms with Crippen molar-refractivity contribution in [1.82, 2.24) is 5.48 Å². The van der Waals surface area contributed by atoms with Gasteiger partial charge in [-0.15, -0.1) is 0 Å². The maximum absolute atomic E-state index is 5.13. The van der Waals surface area contributed by atoms with Gasteiger partial charge in [-0.1, -0.05) is 43.5 Å². The number of benzene rings is 1. The van der Waals surface area contributed by atoms with E-state index in [0.29, 0.717) is 13.2 Å². The molecule has 0 saturated carbocycles. The van der Waals surface area contributed by atoms with Crippen LogP contribution < -0.4 is 5.48 Å². The SMILES string of the molecule is C=COCCONC(=C)c1ccccc1. The molecule has 0 heterocycles. The zero-order valence-electron chi connectivity index (χ0n) is 8.61. The summed E-state index contributed by atoms with van der Waals surface area (Å²) in [6.45, 7) is 8.18. The molecule has 0 bridgehead atoms. The van der Waals surface area contributed by atoms with E-state index in [-0.39, 0.29) is 0 Å². The van der Waals surface area contributed by atoms with Crippen molar-refractivity contribution in [1.29, 1.82) is 0 Å². The smallest absolute Gasteiger partial charge is 0.113 e. The second-order valence-corrected chi connectivity index (χ2v) is 2.83. The van der Waals surface area contributed by atoms with E-state index in [0.717, 1.165) is 11.3 Å². The van der Waals surface area contributed by atoms with E-state index in [9.17, 15) is 0 Å². The van der Waals surface area contributed by atoms with Crippen LogP contribution in [0.15, 0.2) is 49.8 Å². The van der Waals surface area contributed by atoms with Gasteiger partial charge in [0.25, 0.3) is 0 Å². The van der Waals surface area contributed by atoms with Crippen LogP contribution in [0.3, 0.4) is 0 Å². The molecule has 0 aromatic heterocycles. The van der Waals surface area contributed by atoms with Gasteiger partial charge in [0.1, 0.15) is 13.2 Å². The van der Waals surface area contributed by atoms with Gasteiger partial charge in [-0.3, -0.25) is 10.3 Å². The van der Waals surface area contributed by atoms with Crippen molar-refractivity contribution >= 4 is 5.70 Å². The number of rotatable bonds is 7. The Kier molecular flexibility index (Phi) is 5.04. The molecule has 80 valence electrons. The third-order valence-corrected chi connectivity index (χ3v) is 1.74. The fourth-order valence-electron chi connectivity index (χ4n) is 1.01. The summed E-state index contributed by atoms with van der Waals surface area (Å²) in [6, 6.07) is 9.76. The molecule has 15 heavy (non-hydrogen) atoms. The second-order valence-electron chi connectivity index (χ2n) is 2.83. The minimum Gasteiger partial charge on any atom is -0.499 e. The zero-order valence-corrected chi connectivity index (χ0v) is 8.61. The highest BCUT2D eigenvalue weighted by Crippen LogP contribution is 2.07. The van der Waals surface area contributed by atoms with Crippen molar-refractivity contribution < 1.29 is 9.57 Å². The summed E-state index contributed by atoms with van der Waals surface area (Å²) in [5.41, 5.74) is 4.48. The van der Waals surface area contributed by atoms with Crippen molar-refractivity contribution in [2.75, 3.05) is 13.2 Å². The lowest BCUT2D eigenvalue weighted by atomic mass is 10.2. The van der Waals surface area contributed by atoms with Gasteiger partial charge in [-0.2, -0.15) is 0 Å². The molecular weight excluding hydrogens is 190 g/mol. The molecule has 3 heteroatoms. The van der Waals surface area contributed by atoms with Crippen molar-refractivity contribution in [2.45, 2.75) is 0 Å². The van der Waals surface area contributed by atoms with Crippen LogP contribution in [0.25, 0.3) is 5.70 Å². The van der Waals surface area contributed by atoms with Gasteiger partial charge in [0.15, 0.2) is 0 Å². The quantitative estimate of drug-likeness (QED) is 0.421. The first-order valence-electron chi connectivity index (χ1n) is 4.69. The molecule has 0 aliphatic heterocycles. The lowest BCUT2D eigenvalue weighted by molar-refractivity contribution is 0.0435. The molecule has 0 radical (unpaired) electrons.